The number of ether oxygens (including phenoxy) is 1. The maximum absolute atomic E-state index is 6.03. The fraction of sp³-hybridized carbons (Fsp3) is 0.438. The first-order valence-corrected chi connectivity index (χ1v) is 7.12. The maximum atomic E-state index is 6.03. The van der Waals surface area contributed by atoms with E-state index in [4.69, 9.17) is 10.5 Å². The van der Waals surface area contributed by atoms with Crippen molar-refractivity contribution in [3.05, 3.63) is 47.0 Å². The molecule has 1 saturated carbocycles. The van der Waals surface area contributed by atoms with Crippen molar-refractivity contribution in [1.29, 1.82) is 0 Å². The minimum Gasteiger partial charge on any atom is -0.487 e. The average Bonchev–Trinajstić information content (AvgIpc) is 3.17. The Labute approximate surface area is 119 Å². The molecule has 1 fully saturated rings. The SMILES string of the molecule is Cc1cc(CN)cc(C)c1OCc1cncn1C1CC1. The summed E-state index contributed by atoms with van der Waals surface area (Å²) in [5, 5.41) is 0. The molecule has 0 bridgehead atoms. The lowest BCUT2D eigenvalue weighted by Crippen LogP contribution is -2.06. The highest BCUT2D eigenvalue weighted by molar-refractivity contribution is 5.43. The Morgan fingerprint density at radius 1 is 1.30 bits per heavy atom. The van der Waals surface area contributed by atoms with Crippen molar-refractivity contribution in [2.24, 2.45) is 5.73 Å². The summed E-state index contributed by atoms with van der Waals surface area (Å²) < 4.78 is 8.26. The molecule has 2 aromatic rings. The van der Waals surface area contributed by atoms with Gasteiger partial charge in [0.15, 0.2) is 0 Å². The van der Waals surface area contributed by atoms with Gasteiger partial charge in [-0.1, -0.05) is 12.1 Å². The zero-order valence-electron chi connectivity index (χ0n) is 12.1. The van der Waals surface area contributed by atoms with Crippen LogP contribution in [-0.2, 0) is 13.2 Å². The minimum absolute atomic E-state index is 0.566. The molecule has 0 radical (unpaired) electrons. The van der Waals surface area contributed by atoms with Gasteiger partial charge in [-0.15, -0.1) is 0 Å². The van der Waals surface area contributed by atoms with E-state index in [2.05, 4.69) is 35.5 Å². The van der Waals surface area contributed by atoms with Gasteiger partial charge in [-0.05, 0) is 43.4 Å². The number of nitrogens with zero attached hydrogens (tertiary/aromatic N) is 2. The number of aromatic nitrogens is 2. The van der Waals surface area contributed by atoms with Crippen LogP contribution in [0, 0.1) is 13.8 Å². The van der Waals surface area contributed by atoms with E-state index in [1.165, 1.54) is 12.8 Å². The first-order valence-electron chi connectivity index (χ1n) is 7.12. The smallest absolute Gasteiger partial charge is 0.130 e. The normalized spacial score (nSPS) is 14.6. The molecule has 4 nitrogen and oxygen atoms in total. The molecule has 0 amide bonds. The van der Waals surface area contributed by atoms with Crippen molar-refractivity contribution in [1.82, 2.24) is 9.55 Å². The van der Waals surface area contributed by atoms with E-state index in [1.807, 2.05) is 12.5 Å². The fourth-order valence-corrected chi connectivity index (χ4v) is 2.66. The molecular formula is C16H21N3O. The minimum atomic E-state index is 0.566. The van der Waals surface area contributed by atoms with Gasteiger partial charge >= 0.3 is 0 Å². The highest BCUT2D eigenvalue weighted by Gasteiger charge is 2.25. The fourth-order valence-electron chi connectivity index (χ4n) is 2.66. The lowest BCUT2D eigenvalue weighted by molar-refractivity contribution is 0.291. The summed E-state index contributed by atoms with van der Waals surface area (Å²) in [7, 11) is 0. The van der Waals surface area contributed by atoms with Gasteiger partial charge in [0, 0.05) is 12.6 Å². The van der Waals surface area contributed by atoms with Gasteiger partial charge in [0.05, 0.1) is 18.2 Å². The third kappa shape index (κ3) is 2.56. The first-order chi connectivity index (χ1) is 9.69. The second-order valence-electron chi connectivity index (χ2n) is 5.57. The van der Waals surface area contributed by atoms with E-state index < -0.39 is 0 Å². The molecule has 1 aromatic carbocycles. The van der Waals surface area contributed by atoms with Crippen LogP contribution in [0.2, 0.25) is 0 Å². The Hall–Kier alpha value is -1.81. The summed E-state index contributed by atoms with van der Waals surface area (Å²) in [5.41, 5.74) is 10.3. The Morgan fingerprint density at radius 3 is 2.60 bits per heavy atom. The van der Waals surface area contributed by atoms with E-state index in [-0.39, 0.29) is 0 Å². The van der Waals surface area contributed by atoms with Crippen molar-refractivity contribution in [2.75, 3.05) is 0 Å². The topological polar surface area (TPSA) is 53.1 Å². The number of hydrogen-bond acceptors (Lipinski definition) is 3. The number of hydrogen-bond donors (Lipinski definition) is 1. The van der Waals surface area contributed by atoms with Crippen LogP contribution in [0.4, 0.5) is 0 Å². The molecule has 1 aromatic heterocycles. The highest BCUT2D eigenvalue weighted by Crippen LogP contribution is 2.36. The first kappa shape index (κ1) is 13.2. The molecule has 0 unspecified atom stereocenters. The Bertz CT molecular complexity index is 591. The zero-order chi connectivity index (χ0) is 14.1. The molecule has 1 aliphatic rings. The third-order valence-electron chi connectivity index (χ3n) is 3.81. The van der Waals surface area contributed by atoms with Crippen molar-refractivity contribution >= 4 is 0 Å². The summed E-state index contributed by atoms with van der Waals surface area (Å²) in [6.07, 6.45) is 6.32. The number of benzene rings is 1. The molecular weight excluding hydrogens is 250 g/mol. The van der Waals surface area contributed by atoms with Gasteiger partial charge in [0.2, 0.25) is 0 Å². The quantitative estimate of drug-likeness (QED) is 0.909. The van der Waals surface area contributed by atoms with Gasteiger partial charge in [0.25, 0.3) is 0 Å². The van der Waals surface area contributed by atoms with E-state index >= 15 is 0 Å². The van der Waals surface area contributed by atoms with Crippen molar-refractivity contribution < 1.29 is 4.74 Å². The van der Waals surface area contributed by atoms with Crippen LogP contribution < -0.4 is 10.5 Å². The molecule has 106 valence electrons. The van der Waals surface area contributed by atoms with Crippen LogP contribution in [0.15, 0.2) is 24.7 Å². The van der Waals surface area contributed by atoms with Gasteiger partial charge in [-0.25, -0.2) is 4.98 Å². The van der Waals surface area contributed by atoms with Crippen LogP contribution in [0.25, 0.3) is 0 Å². The standard InChI is InChI=1S/C16H21N3O/c1-11-5-13(7-17)6-12(2)16(11)20-9-15-8-18-10-19(15)14-3-4-14/h5-6,8,10,14H,3-4,7,9,17H2,1-2H3. The average molecular weight is 271 g/mol. The Kier molecular flexibility index (Phi) is 3.49. The number of imidazole rings is 1. The highest BCUT2D eigenvalue weighted by atomic mass is 16.5. The molecule has 0 aliphatic heterocycles. The van der Waals surface area contributed by atoms with E-state index in [0.29, 0.717) is 19.2 Å². The number of nitrogens with two attached hydrogens (primary N) is 1. The molecule has 1 aliphatic carbocycles. The van der Waals surface area contributed by atoms with Gasteiger partial charge in [0.1, 0.15) is 12.4 Å². The summed E-state index contributed by atoms with van der Waals surface area (Å²) in [6.45, 7) is 5.27. The molecule has 1 heterocycles. The molecule has 20 heavy (non-hydrogen) atoms. The number of rotatable bonds is 5. The van der Waals surface area contributed by atoms with Crippen LogP contribution in [0.3, 0.4) is 0 Å². The van der Waals surface area contributed by atoms with Gasteiger partial charge in [-0.3, -0.25) is 0 Å². The second kappa shape index (κ2) is 5.29. The van der Waals surface area contributed by atoms with Gasteiger partial charge < -0.3 is 15.0 Å². The summed E-state index contributed by atoms with van der Waals surface area (Å²) in [4.78, 5) is 4.23. The van der Waals surface area contributed by atoms with Crippen LogP contribution in [0.5, 0.6) is 5.75 Å². The molecule has 0 saturated heterocycles. The Balaban J connectivity index is 1.76. The van der Waals surface area contributed by atoms with E-state index in [9.17, 15) is 0 Å². The Morgan fingerprint density at radius 2 is 2.00 bits per heavy atom. The summed E-state index contributed by atoms with van der Waals surface area (Å²) in [5.74, 6) is 0.964. The predicted molar refractivity (Wildman–Crippen MR) is 78.6 cm³/mol. The molecule has 3 rings (SSSR count). The predicted octanol–water partition coefficient (Wildman–Crippen LogP) is 2.87. The van der Waals surface area contributed by atoms with Crippen LogP contribution in [0.1, 0.15) is 41.3 Å². The monoisotopic (exact) mass is 271 g/mol. The summed E-state index contributed by atoms with van der Waals surface area (Å²) in [6, 6.07) is 4.83. The lowest BCUT2D eigenvalue weighted by Gasteiger charge is -2.14. The zero-order valence-corrected chi connectivity index (χ0v) is 12.1. The maximum Gasteiger partial charge on any atom is 0.130 e. The number of aryl methyl sites for hydroxylation is 2. The van der Waals surface area contributed by atoms with Crippen molar-refractivity contribution in [2.45, 2.75) is 45.9 Å². The molecule has 0 atom stereocenters. The largest absolute Gasteiger partial charge is 0.487 e. The van der Waals surface area contributed by atoms with Crippen LogP contribution >= 0.6 is 0 Å². The third-order valence-corrected chi connectivity index (χ3v) is 3.81. The van der Waals surface area contributed by atoms with Gasteiger partial charge in [-0.2, -0.15) is 0 Å². The molecule has 0 spiro atoms. The molecule has 4 heteroatoms. The second-order valence-corrected chi connectivity index (χ2v) is 5.57. The van der Waals surface area contributed by atoms with E-state index in [1.54, 1.807) is 0 Å². The lowest BCUT2D eigenvalue weighted by atomic mass is 10.1. The molecule has 2 N–H and O–H groups in total. The van der Waals surface area contributed by atoms with E-state index in [0.717, 1.165) is 28.1 Å². The van der Waals surface area contributed by atoms with Crippen LogP contribution in [-0.4, -0.2) is 9.55 Å². The summed E-state index contributed by atoms with van der Waals surface area (Å²) >= 11 is 0. The van der Waals surface area contributed by atoms with Crippen molar-refractivity contribution in [3.63, 3.8) is 0 Å². The van der Waals surface area contributed by atoms with Crippen molar-refractivity contribution in [3.8, 4) is 5.75 Å².